The molecule has 0 aromatic heterocycles. The highest BCUT2D eigenvalue weighted by Gasteiger charge is 2.25. The number of aliphatic hydroxyl groups is 1. The number of aliphatic hydroxyl groups excluding tert-OH is 1. The number of hydrogen-bond acceptors (Lipinski definition) is 4. The quantitative estimate of drug-likeness (QED) is 0.713. The van der Waals surface area contributed by atoms with E-state index < -0.39 is 12.2 Å². The summed E-state index contributed by atoms with van der Waals surface area (Å²) in [6.07, 6.45) is 2.74. The van der Waals surface area contributed by atoms with Gasteiger partial charge in [-0.1, -0.05) is 57.0 Å². The maximum absolute atomic E-state index is 12.2. The van der Waals surface area contributed by atoms with Crippen LogP contribution in [-0.4, -0.2) is 42.7 Å². The van der Waals surface area contributed by atoms with Gasteiger partial charge in [-0.2, -0.15) is 0 Å². The first-order valence-electron chi connectivity index (χ1n) is 9.31. The summed E-state index contributed by atoms with van der Waals surface area (Å²) in [5.41, 5.74) is 1.08. The zero-order valence-electron chi connectivity index (χ0n) is 15.3. The minimum Gasteiger partial charge on any atom is -0.444 e. The van der Waals surface area contributed by atoms with Gasteiger partial charge in [0, 0.05) is 7.85 Å². The van der Waals surface area contributed by atoms with Gasteiger partial charge in [0.1, 0.15) is 6.10 Å². The molecule has 1 aliphatic heterocycles. The fourth-order valence-electron chi connectivity index (χ4n) is 3.03. The van der Waals surface area contributed by atoms with E-state index >= 15 is 0 Å². The Morgan fingerprint density at radius 2 is 2.12 bits per heavy atom. The molecule has 2 N–H and O–H groups in total. The molecule has 0 saturated carbocycles. The van der Waals surface area contributed by atoms with E-state index in [1.54, 1.807) is 0 Å². The summed E-state index contributed by atoms with van der Waals surface area (Å²) in [6, 6.07) is 9.54. The zero-order chi connectivity index (χ0) is 18.1. The van der Waals surface area contributed by atoms with Crippen LogP contribution in [0.3, 0.4) is 0 Å². The van der Waals surface area contributed by atoms with Gasteiger partial charge in [-0.3, -0.25) is 0 Å². The highest BCUT2D eigenvalue weighted by Crippen LogP contribution is 2.15. The first-order chi connectivity index (χ1) is 12.0. The summed E-state index contributed by atoms with van der Waals surface area (Å²) in [7, 11) is 0. The van der Waals surface area contributed by atoms with Crippen molar-refractivity contribution < 1.29 is 20.8 Å². The van der Waals surface area contributed by atoms with Crippen LogP contribution in [-0.2, 0) is 15.9 Å². The summed E-state index contributed by atoms with van der Waals surface area (Å²) in [4.78, 5) is 12.2. The highest BCUT2D eigenvalue weighted by molar-refractivity contribution is 5.68. The Labute approximate surface area is 152 Å². The molecule has 0 aliphatic carbocycles. The Kier molecular flexibility index (Phi) is 8.22. The number of carbonyl (C=O) groups excluding carboxylic acids is 1. The summed E-state index contributed by atoms with van der Waals surface area (Å²) in [5.74, 6) is 0.611. The Balaban J connectivity index is 0.00000338. The lowest BCUT2D eigenvalue weighted by Gasteiger charge is -2.25. The molecule has 0 bridgehead atoms. The topological polar surface area (TPSA) is 67.8 Å². The Bertz CT molecular complexity index is 506. The van der Waals surface area contributed by atoms with Crippen LogP contribution in [0.5, 0.6) is 0 Å². The number of amides is 1. The Morgan fingerprint density at radius 1 is 1.36 bits per heavy atom. The smallest absolute Gasteiger partial charge is 0.407 e. The first-order valence-corrected chi connectivity index (χ1v) is 9.31. The molecule has 1 amide bonds. The molecule has 1 fully saturated rings. The van der Waals surface area contributed by atoms with Gasteiger partial charge in [0.05, 0.1) is 25.4 Å². The van der Waals surface area contributed by atoms with Crippen LogP contribution >= 0.6 is 0 Å². The second-order valence-electron chi connectivity index (χ2n) is 7.22. The molecule has 0 unspecified atom stereocenters. The molecule has 2 rings (SSSR count). The van der Waals surface area contributed by atoms with Crippen LogP contribution in [0.4, 0.5) is 4.79 Å². The lowest BCUT2D eigenvalue weighted by atomic mass is 9.96. The predicted molar refractivity (Wildman–Crippen MR) is 99.6 cm³/mol. The van der Waals surface area contributed by atoms with Crippen molar-refractivity contribution in [2.75, 3.05) is 13.2 Å². The van der Waals surface area contributed by atoms with Crippen molar-refractivity contribution in [3.05, 3.63) is 35.9 Å². The summed E-state index contributed by atoms with van der Waals surface area (Å²) >= 11 is 0. The van der Waals surface area contributed by atoms with Crippen LogP contribution in [0.2, 0.25) is 0 Å². The van der Waals surface area contributed by atoms with Crippen LogP contribution in [0.15, 0.2) is 30.3 Å². The molecule has 1 aromatic carbocycles. The Morgan fingerprint density at radius 3 is 2.76 bits per heavy atom. The molecule has 25 heavy (non-hydrogen) atoms. The lowest BCUT2D eigenvalue weighted by molar-refractivity contribution is 0.0667. The van der Waals surface area contributed by atoms with Crippen LogP contribution in [0, 0.1) is 5.92 Å². The maximum atomic E-state index is 12.2. The second-order valence-corrected chi connectivity index (χ2v) is 7.22. The van der Waals surface area contributed by atoms with Crippen molar-refractivity contribution >= 4 is 6.09 Å². The van der Waals surface area contributed by atoms with Crippen molar-refractivity contribution in [3.8, 4) is 0 Å². The average molecular weight is 352 g/mol. The van der Waals surface area contributed by atoms with Crippen LogP contribution in [0.1, 0.15) is 46.5 Å². The van der Waals surface area contributed by atoms with Crippen molar-refractivity contribution in [2.24, 2.45) is 5.92 Å². The second kappa shape index (κ2) is 10.4. The standard InChI is InChI=1S/C20H31NO4.H2/c1-15(2)7-6-10-19(22)18(13-16-8-4-3-5-9-16)21-20(23)25-17-11-12-24-14-17;/h3-5,8-9,15,17-19,22H,6-7,10-14H2,1-2H3,(H,21,23);1H/t17-,18-,19+;/m0./s1/i;1+1. The molecule has 3 atom stereocenters. The minimum atomic E-state index is -0.591. The number of benzene rings is 1. The molecule has 1 aliphatic rings. The molecule has 1 saturated heterocycles. The van der Waals surface area contributed by atoms with Crippen molar-refractivity contribution in [3.63, 3.8) is 0 Å². The molecule has 0 spiro atoms. The summed E-state index contributed by atoms with van der Waals surface area (Å²) in [6.45, 7) is 5.43. The third-order valence-electron chi connectivity index (χ3n) is 4.51. The molecule has 142 valence electrons. The molecule has 1 heterocycles. The largest absolute Gasteiger partial charge is 0.444 e. The van der Waals surface area contributed by atoms with Gasteiger partial charge in [0.25, 0.3) is 0 Å². The van der Waals surface area contributed by atoms with E-state index in [1.165, 1.54) is 0 Å². The number of ether oxygens (including phenoxy) is 2. The van der Waals surface area contributed by atoms with E-state index in [0.29, 0.717) is 32.0 Å². The minimum absolute atomic E-state index is 0. The normalized spacial score (nSPS) is 19.6. The maximum Gasteiger partial charge on any atom is 0.407 e. The van der Waals surface area contributed by atoms with E-state index in [4.69, 9.17) is 9.47 Å². The van der Waals surface area contributed by atoms with Gasteiger partial charge in [0.15, 0.2) is 0 Å². The van der Waals surface area contributed by atoms with Crippen molar-refractivity contribution in [1.29, 1.82) is 0 Å². The van der Waals surface area contributed by atoms with Gasteiger partial charge in [-0.15, -0.1) is 0 Å². The van der Waals surface area contributed by atoms with Crippen LogP contribution in [0.25, 0.3) is 0 Å². The van der Waals surface area contributed by atoms with Gasteiger partial charge >= 0.3 is 6.09 Å². The molecule has 5 heteroatoms. The summed E-state index contributed by atoms with van der Waals surface area (Å²) < 4.78 is 10.6. The van der Waals surface area contributed by atoms with Gasteiger partial charge in [-0.25, -0.2) is 4.79 Å². The van der Waals surface area contributed by atoms with E-state index in [9.17, 15) is 9.90 Å². The van der Waals surface area contributed by atoms with E-state index in [-0.39, 0.29) is 13.6 Å². The van der Waals surface area contributed by atoms with Gasteiger partial charge in [-0.05, 0) is 24.3 Å². The molecular formula is C20H33NO4. The lowest BCUT2D eigenvalue weighted by Crippen LogP contribution is -2.46. The monoisotopic (exact) mass is 352 g/mol. The number of alkyl carbamates (subject to hydrolysis) is 1. The fraction of sp³-hybridized carbons (Fsp3) is 0.650. The number of nitrogens with one attached hydrogen (secondary N) is 1. The third-order valence-corrected chi connectivity index (χ3v) is 4.51. The van der Waals surface area contributed by atoms with E-state index in [0.717, 1.165) is 24.8 Å². The predicted octanol–water partition coefficient (Wildman–Crippen LogP) is 3.55. The molecule has 1 aromatic rings. The molecule has 5 nitrogen and oxygen atoms in total. The molecular weight excluding hydrogens is 318 g/mol. The fourth-order valence-corrected chi connectivity index (χ4v) is 3.03. The summed E-state index contributed by atoms with van der Waals surface area (Å²) in [5, 5.41) is 13.5. The highest BCUT2D eigenvalue weighted by atomic mass is 16.6. The first kappa shape index (κ1) is 19.7. The third kappa shape index (κ3) is 7.45. The average Bonchev–Trinajstić information content (AvgIpc) is 3.07. The van der Waals surface area contributed by atoms with E-state index in [1.807, 2.05) is 30.3 Å². The van der Waals surface area contributed by atoms with E-state index in [2.05, 4.69) is 19.2 Å². The number of rotatable bonds is 9. The van der Waals surface area contributed by atoms with Gasteiger partial charge in [0.2, 0.25) is 0 Å². The number of hydrogen-bond donors (Lipinski definition) is 2. The SMILES string of the molecule is CC(C)CCC[C@@H](O)[C@H](Cc1ccccc1)NC(=O)O[C@H]1CCOC1.[2HH]. The molecule has 0 radical (unpaired) electrons. The van der Waals surface area contributed by atoms with Gasteiger partial charge < -0.3 is 19.9 Å². The zero-order valence-corrected chi connectivity index (χ0v) is 15.3. The number of carbonyl (C=O) groups is 1. The Hall–Kier alpha value is -1.59. The van der Waals surface area contributed by atoms with Crippen molar-refractivity contribution in [2.45, 2.75) is 64.2 Å². The van der Waals surface area contributed by atoms with Crippen molar-refractivity contribution in [1.82, 2.24) is 5.32 Å². The van der Waals surface area contributed by atoms with Crippen LogP contribution < -0.4 is 5.32 Å².